The molecule has 6 nitrogen and oxygen atoms in total. The molecular weight excluding hydrogens is 381 g/mol. The van der Waals surface area contributed by atoms with E-state index in [0.717, 1.165) is 30.6 Å². The molecule has 0 aromatic carbocycles. The van der Waals surface area contributed by atoms with Crippen LogP contribution < -0.4 is 11.1 Å². The van der Waals surface area contributed by atoms with Crippen LogP contribution in [0.3, 0.4) is 0 Å². The van der Waals surface area contributed by atoms with Gasteiger partial charge in [0.2, 0.25) is 5.91 Å². The molecule has 1 fully saturated rings. The van der Waals surface area contributed by atoms with Gasteiger partial charge < -0.3 is 11.1 Å². The quantitative estimate of drug-likeness (QED) is 0.760. The molecule has 2 heterocycles. The second-order valence-corrected chi connectivity index (χ2v) is 9.00. The van der Waals surface area contributed by atoms with E-state index in [-0.39, 0.29) is 41.5 Å². The Labute approximate surface area is 151 Å². The number of hydrogen-bond donors (Lipinski definition) is 2. The Hall–Kier alpha value is -0.380. The first-order valence-corrected chi connectivity index (χ1v) is 9.82. The van der Waals surface area contributed by atoms with Gasteiger partial charge in [-0.05, 0) is 25.0 Å². The van der Waals surface area contributed by atoms with Gasteiger partial charge in [0, 0.05) is 32.1 Å². The van der Waals surface area contributed by atoms with Crippen LogP contribution in [0.2, 0.25) is 4.34 Å². The van der Waals surface area contributed by atoms with E-state index in [1.165, 1.54) is 10.4 Å². The highest BCUT2D eigenvalue weighted by molar-refractivity contribution is 7.91. The van der Waals surface area contributed by atoms with Crippen molar-refractivity contribution in [3.05, 3.63) is 16.5 Å². The molecule has 23 heavy (non-hydrogen) atoms. The summed E-state index contributed by atoms with van der Waals surface area (Å²) in [7, 11) is -3.56. The number of nitrogens with one attached hydrogen (secondary N) is 1. The molecule has 132 valence electrons. The van der Waals surface area contributed by atoms with E-state index in [1.807, 2.05) is 0 Å². The molecule has 10 heteroatoms. The molecule has 0 radical (unpaired) electrons. The summed E-state index contributed by atoms with van der Waals surface area (Å²) in [5, 5.41) is 2.76. The Balaban J connectivity index is 0.00000264. The van der Waals surface area contributed by atoms with Gasteiger partial charge >= 0.3 is 0 Å². The summed E-state index contributed by atoms with van der Waals surface area (Å²) in [6.45, 7) is 1.07. The third-order valence-corrected chi connectivity index (χ3v) is 7.24. The largest absolute Gasteiger partial charge is 0.354 e. The van der Waals surface area contributed by atoms with Gasteiger partial charge in [0.25, 0.3) is 10.0 Å². The SMILES string of the molecule is Cl.NCCC(=O)NCC1CCCCN1S(=O)(=O)c1ccc(Cl)s1. The number of nitrogens with two attached hydrogens (primary N) is 1. The third-order valence-electron chi connectivity index (χ3n) is 3.59. The number of thiophene rings is 1. The highest BCUT2D eigenvalue weighted by atomic mass is 35.5. The van der Waals surface area contributed by atoms with Crippen molar-refractivity contribution >= 4 is 51.3 Å². The summed E-state index contributed by atoms with van der Waals surface area (Å²) in [6, 6.07) is 2.89. The number of hydrogen-bond acceptors (Lipinski definition) is 5. The number of sulfonamides is 1. The van der Waals surface area contributed by atoms with E-state index in [4.69, 9.17) is 17.3 Å². The maximum atomic E-state index is 12.7. The average Bonchev–Trinajstić information content (AvgIpc) is 2.93. The predicted octanol–water partition coefficient (Wildman–Crippen LogP) is 1.83. The first kappa shape index (κ1) is 20.7. The van der Waals surface area contributed by atoms with Crippen molar-refractivity contribution in [1.29, 1.82) is 0 Å². The minimum absolute atomic E-state index is 0. The van der Waals surface area contributed by atoms with E-state index in [2.05, 4.69) is 5.32 Å². The maximum absolute atomic E-state index is 12.7. The average molecular weight is 402 g/mol. The first-order valence-electron chi connectivity index (χ1n) is 7.19. The molecule has 1 aromatic rings. The highest BCUT2D eigenvalue weighted by Crippen LogP contribution is 2.31. The Morgan fingerprint density at radius 1 is 1.43 bits per heavy atom. The fourth-order valence-electron chi connectivity index (χ4n) is 2.50. The Kier molecular flexibility index (Phi) is 8.26. The van der Waals surface area contributed by atoms with E-state index < -0.39 is 10.0 Å². The molecule has 1 saturated heterocycles. The summed E-state index contributed by atoms with van der Waals surface area (Å²) < 4.78 is 27.6. The third kappa shape index (κ3) is 5.30. The first-order chi connectivity index (χ1) is 10.4. The van der Waals surface area contributed by atoms with Crippen molar-refractivity contribution in [3.63, 3.8) is 0 Å². The highest BCUT2D eigenvalue weighted by Gasteiger charge is 2.34. The molecule has 0 bridgehead atoms. The van der Waals surface area contributed by atoms with Crippen molar-refractivity contribution in [1.82, 2.24) is 9.62 Å². The maximum Gasteiger partial charge on any atom is 0.252 e. The van der Waals surface area contributed by atoms with Gasteiger partial charge in [-0.1, -0.05) is 18.0 Å². The van der Waals surface area contributed by atoms with Crippen molar-refractivity contribution in [2.45, 2.75) is 35.9 Å². The number of carbonyl (C=O) groups is 1. The Morgan fingerprint density at radius 2 is 2.17 bits per heavy atom. The summed E-state index contributed by atoms with van der Waals surface area (Å²) in [5.41, 5.74) is 5.33. The van der Waals surface area contributed by atoms with Crippen LogP contribution in [0.25, 0.3) is 0 Å². The molecule has 1 aliphatic rings. The number of amides is 1. The standard InChI is InChI=1S/C13H20ClN3O3S2.ClH/c14-11-4-5-13(21-11)22(19,20)17-8-2-1-3-10(17)9-16-12(18)6-7-15;/h4-5,10H,1-3,6-9,15H2,(H,16,18);1H. The lowest BCUT2D eigenvalue weighted by Gasteiger charge is -2.34. The number of halogens is 2. The fourth-order valence-corrected chi connectivity index (χ4v) is 5.80. The monoisotopic (exact) mass is 401 g/mol. The van der Waals surface area contributed by atoms with E-state index in [9.17, 15) is 13.2 Å². The zero-order valence-electron chi connectivity index (χ0n) is 12.5. The van der Waals surface area contributed by atoms with Crippen molar-refractivity contribution in [2.75, 3.05) is 19.6 Å². The molecule has 1 amide bonds. The van der Waals surface area contributed by atoms with Crippen LogP contribution in [0, 0.1) is 0 Å². The number of piperidine rings is 1. The molecule has 0 aliphatic carbocycles. The molecule has 1 unspecified atom stereocenters. The molecule has 1 aliphatic heterocycles. The van der Waals surface area contributed by atoms with Crippen LogP contribution in [0.1, 0.15) is 25.7 Å². The van der Waals surface area contributed by atoms with Crippen molar-refractivity contribution in [3.8, 4) is 0 Å². The van der Waals surface area contributed by atoms with Crippen LogP contribution in [0.5, 0.6) is 0 Å². The van der Waals surface area contributed by atoms with Gasteiger partial charge in [-0.15, -0.1) is 23.7 Å². The number of rotatable bonds is 6. The summed E-state index contributed by atoms with van der Waals surface area (Å²) in [4.78, 5) is 11.5. The smallest absolute Gasteiger partial charge is 0.252 e. The molecular formula is C13H21Cl2N3O3S2. The topological polar surface area (TPSA) is 92.5 Å². The Bertz CT molecular complexity index is 622. The molecule has 0 spiro atoms. The van der Waals surface area contributed by atoms with Crippen molar-refractivity contribution < 1.29 is 13.2 Å². The number of nitrogens with zero attached hydrogens (tertiary/aromatic N) is 1. The lowest BCUT2D eigenvalue weighted by atomic mass is 10.1. The van der Waals surface area contributed by atoms with Gasteiger partial charge in [-0.2, -0.15) is 4.31 Å². The summed E-state index contributed by atoms with van der Waals surface area (Å²) in [5.74, 6) is -0.149. The van der Waals surface area contributed by atoms with Crippen LogP contribution >= 0.6 is 35.3 Å². The van der Waals surface area contributed by atoms with Gasteiger partial charge in [0.15, 0.2) is 0 Å². The molecule has 3 N–H and O–H groups in total. The predicted molar refractivity (Wildman–Crippen MR) is 94.8 cm³/mol. The number of carbonyl (C=O) groups excluding carboxylic acids is 1. The second kappa shape index (κ2) is 9.19. The van der Waals surface area contributed by atoms with Crippen LogP contribution in [0.15, 0.2) is 16.3 Å². The molecule has 1 atom stereocenters. The lowest BCUT2D eigenvalue weighted by Crippen LogP contribution is -2.49. The second-order valence-electron chi connectivity index (χ2n) is 5.17. The van der Waals surface area contributed by atoms with Crippen LogP contribution in [-0.4, -0.2) is 44.3 Å². The minimum atomic E-state index is -3.56. The Morgan fingerprint density at radius 3 is 2.78 bits per heavy atom. The summed E-state index contributed by atoms with van der Waals surface area (Å²) in [6.07, 6.45) is 2.77. The minimum Gasteiger partial charge on any atom is -0.354 e. The molecule has 2 rings (SSSR count). The van der Waals surface area contributed by atoms with Gasteiger partial charge in [-0.25, -0.2) is 8.42 Å². The van der Waals surface area contributed by atoms with Crippen LogP contribution in [-0.2, 0) is 14.8 Å². The van der Waals surface area contributed by atoms with Crippen molar-refractivity contribution in [2.24, 2.45) is 5.73 Å². The van der Waals surface area contributed by atoms with Gasteiger partial charge in [0.1, 0.15) is 4.21 Å². The van der Waals surface area contributed by atoms with Gasteiger partial charge in [0.05, 0.1) is 4.34 Å². The zero-order valence-corrected chi connectivity index (χ0v) is 15.7. The van der Waals surface area contributed by atoms with Crippen LogP contribution in [0.4, 0.5) is 0 Å². The lowest BCUT2D eigenvalue weighted by molar-refractivity contribution is -0.121. The molecule has 1 aromatic heterocycles. The van der Waals surface area contributed by atoms with E-state index in [0.29, 0.717) is 17.4 Å². The van der Waals surface area contributed by atoms with E-state index >= 15 is 0 Å². The fraction of sp³-hybridized carbons (Fsp3) is 0.615. The zero-order chi connectivity index (χ0) is 16.2. The summed E-state index contributed by atoms with van der Waals surface area (Å²) >= 11 is 6.90. The van der Waals surface area contributed by atoms with E-state index in [1.54, 1.807) is 6.07 Å². The van der Waals surface area contributed by atoms with Gasteiger partial charge in [-0.3, -0.25) is 4.79 Å². The normalized spacial score (nSPS) is 19.1. The molecule has 0 saturated carbocycles.